The van der Waals surface area contributed by atoms with Gasteiger partial charge in [0, 0.05) is 6.42 Å². The van der Waals surface area contributed by atoms with Crippen LogP contribution in [0.25, 0.3) is 0 Å². The van der Waals surface area contributed by atoms with E-state index in [1.165, 1.54) is 0 Å². The summed E-state index contributed by atoms with van der Waals surface area (Å²) in [6.07, 6.45) is -3.44. The molecule has 164 valence electrons. The summed E-state index contributed by atoms with van der Waals surface area (Å²) in [4.78, 5) is 0. The van der Waals surface area contributed by atoms with Gasteiger partial charge in [0.05, 0.1) is 25.4 Å². The topological polar surface area (TPSA) is 234 Å². The average molecular weight is 572 g/mol. The summed E-state index contributed by atoms with van der Waals surface area (Å²) in [6.45, 7) is -0.965. The molecule has 0 aliphatic heterocycles. The second-order valence-electron chi connectivity index (χ2n) is 4.12. The summed E-state index contributed by atoms with van der Waals surface area (Å²) in [5.41, 5.74) is 0. The van der Waals surface area contributed by atoms with E-state index in [1.54, 1.807) is 0 Å². The first-order valence-electron chi connectivity index (χ1n) is 6.35. The fourth-order valence-electron chi connectivity index (χ4n) is 1.48. The van der Waals surface area contributed by atoms with Crippen LogP contribution in [0.5, 0.6) is 0 Å². The van der Waals surface area contributed by atoms with E-state index in [0.717, 1.165) is 0 Å². The first-order chi connectivity index (χ1) is 12.6. The van der Waals surface area contributed by atoms with E-state index >= 15 is 0 Å². The minimum atomic E-state index is -5.20. The smallest absolute Gasteiger partial charge is 0.726 e. The van der Waals surface area contributed by atoms with E-state index < -0.39 is 46.0 Å². The van der Waals surface area contributed by atoms with Gasteiger partial charge in [0.2, 0.25) is 20.8 Å². The van der Waals surface area contributed by atoms with Crippen LogP contribution in [-0.2, 0) is 56.3 Å². The van der Waals surface area contributed by atoms with Crippen LogP contribution in [0.2, 0.25) is 0 Å². The second-order valence-corrected chi connectivity index (χ2v) is 7.15. The van der Waals surface area contributed by atoms with Gasteiger partial charge in [-0.25, -0.2) is 16.8 Å². The maximum absolute atomic E-state index is 10.8. The quantitative estimate of drug-likeness (QED) is 0.0282. The third-order valence-corrected chi connectivity index (χ3v) is 4.10. The minimum absolute atomic E-state index is 0. The van der Waals surface area contributed by atoms with Crippen LogP contribution in [0.4, 0.5) is 0 Å². The van der Waals surface area contributed by atoms with Crippen molar-refractivity contribution < 1.29 is 190 Å². The molecule has 0 aromatic rings. The van der Waals surface area contributed by atoms with Crippen molar-refractivity contribution in [1.29, 1.82) is 0 Å². The van der Waals surface area contributed by atoms with Crippen LogP contribution in [0.15, 0.2) is 0 Å². The number of hydrogen-bond donors (Lipinski definition) is 0. The molecule has 0 rings (SSSR count). The Morgan fingerprint density at radius 2 is 1.26 bits per heavy atom. The molecule has 24 heteroatoms. The molecule has 0 heterocycles. The maximum atomic E-state index is 10.8. The van der Waals surface area contributed by atoms with Gasteiger partial charge in [0.1, 0.15) is 0 Å². The molecule has 0 fully saturated rings. The van der Waals surface area contributed by atoms with Crippen LogP contribution < -0.4 is 129 Å². The maximum Gasteiger partial charge on any atom is 1.00 e. The van der Waals surface area contributed by atoms with E-state index in [9.17, 15) is 36.5 Å². The largest absolute Gasteiger partial charge is 1.00 e. The van der Waals surface area contributed by atoms with Crippen molar-refractivity contribution >= 4 is 45.4 Å². The van der Waals surface area contributed by atoms with E-state index in [0.29, 0.717) is 0 Å². The third-order valence-electron chi connectivity index (χ3n) is 2.30. The fourth-order valence-corrected chi connectivity index (χ4v) is 2.85. The van der Waals surface area contributed by atoms with E-state index in [2.05, 4.69) is 27.1 Å². The first-order valence-corrected chi connectivity index (χ1v) is 10.3. The predicted octanol–water partition coefficient (Wildman–Crippen LogP) is -14.5. The van der Waals surface area contributed by atoms with Crippen molar-refractivity contribution in [3.8, 4) is 0 Å². The average Bonchev–Trinajstić information content (AvgIpc) is 2.51. The van der Waals surface area contributed by atoms with E-state index in [4.69, 9.17) is 8.37 Å². The normalized spacial score (nSPS) is 13.0. The molecule has 2 unspecified atom stereocenters. The predicted molar refractivity (Wildman–Crippen MR) is 74.4 cm³/mol. The zero-order valence-corrected chi connectivity index (χ0v) is 28.1. The van der Waals surface area contributed by atoms with Crippen molar-refractivity contribution in [2.75, 3.05) is 13.2 Å². The van der Waals surface area contributed by atoms with Crippen LogP contribution >= 0.6 is 24.6 Å². The Morgan fingerprint density at radius 1 is 0.742 bits per heavy atom. The Hall–Kier alpha value is 4.12. The van der Waals surface area contributed by atoms with Crippen LogP contribution in [0.1, 0.15) is 19.3 Å². The van der Waals surface area contributed by atoms with E-state index in [1.807, 2.05) is 0 Å². The fraction of sp³-hybridized carbons (Fsp3) is 1.00. The van der Waals surface area contributed by atoms with Crippen molar-refractivity contribution in [2.24, 2.45) is 0 Å². The Balaban J connectivity index is -0.000000563. The third kappa shape index (κ3) is 34.1. The molecule has 31 heavy (non-hydrogen) atoms. The van der Waals surface area contributed by atoms with Gasteiger partial charge in [0.25, 0.3) is 0 Å². The van der Waals surface area contributed by atoms with Gasteiger partial charge in [-0.15, -0.1) is 8.67 Å². The Kier molecular flexibility index (Phi) is 39.5. The van der Waals surface area contributed by atoms with E-state index in [-0.39, 0.29) is 162 Å². The first kappa shape index (κ1) is 45.1. The number of hydrogen-bond acceptors (Lipinski definition) is 18. The van der Waals surface area contributed by atoms with Crippen molar-refractivity contribution in [3.63, 3.8) is 0 Å². The van der Waals surface area contributed by atoms with Gasteiger partial charge in [-0.2, -0.15) is 0 Å². The molecule has 0 saturated heterocycles. The van der Waals surface area contributed by atoms with Gasteiger partial charge < -0.3 is 19.6 Å². The summed E-state index contributed by atoms with van der Waals surface area (Å²) in [7, 11) is -10.2. The van der Waals surface area contributed by atoms with Crippen LogP contribution in [-0.4, -0.2) is 51.4 Å². The van der Waals surface area contributed by atoms with Crippen molar-refractivity contribution in [2.45, 2.75) is 31.5 Å². The number of rotatable bonds is 18. The molecule has 0 saturated carbocycles. The van der Waals surface area contributed by atoms with Gasteiger partial charge in [0.15, 0.2) is 24.6 Å². The summed E-state index contributed by atoms with van der Waals surface area (Å²) < 4.78 is 88.8. The molecule has 0 amide bonds. The van der Waals surface area contributed by atoms with Gasteiger partial charge in [-0.1, -0.05) is 0 Å². The molecule has 0 aromatic carbocycles. The Bertz CT molecular complexity index is 581. The molecular weight excluding hydrogens is 560 g/mol. The molecule has 0 radical (unpaired) electrons. The van der Waals surface area contributed by atoms with Crippen LogP contribution in [0.3, 0.4) is 0 Å². The Morgan fingerprint density at radius 3 is 1.74 bits per heavy atom. The monoisotopic (exact) mass is 572 g/mol. The molecule has 0 N–H and O–H groups in total. The Labute approximate surface area is 276 Å². The van der Waals surface area contributed by atoms with Crippen molar-refractivity contribution in [3.05, 3.63) is 0 Å². The zero-order chi connectivity index (χ0) is 20.8. The second kappa shape index (κ2) is 27.2. The molecule has 2 atom stereocenters. The minimum Gasteiger partial charge on any atom is -0.726 e. The standard InChI is InChI=1S/C7H16O16S4.4Na/c8-20-22-24-16-3-1-6(18-25-23-21-9)5-7(19-27(13,14)15)2-4-17-26(10,11)12;;;;/h6-9H,1-5H2,(H,10,11,12)(H,13,14,15);;;;/q;4*+1/p-4. The molecular formula is C7H12Na4O16S4. The zero-order valence-electron chi connectivity index (χ0n) is 16.9. The summed E-state index contributed by atoms with van der Waals surface area (Å²) in [5.74, 6) is 0. The van der Waals surface area contributed by atoms with Gasteiger partial charge in [-0.3, -0.25) is 26.8 Å². The SMILES string of the molecule is O=S(=O)([O-])OCCC(CC(CCOSOO[O-])OSOO[O-])OS(=O)(=O)[O-].[Na+].[Na+].[Na+].[Na+]. The van der Waals surface area contributed by atoms with Crippen molar-refractivity contribution in [1.82, 2.24) is 0 Å². The van der Waals surface area contributed by atoms with Crippen LogP contribution in [0, 0.1) is 0 Å². The summed E-state index contributed by atoms with van der Waals surface area (Å²) in [5, 5.41) is 25.3. The molecule has 0 bridgehead atoms. The molecule has 0 aliphatic rings. The summed E-state index contributed by atoms with van der Waals surface area (Å²) >= 11 is 0.222. The summed E-state index contributed by atoms with van der Waals surface area (Å²) in [6, 6.07) is 0. The molecule has 0 aliphatic carbocycles. The van der Waals surface area contributed by atoms with Gasteiger partial charge in [-0.05, 0) is 12.8 Å². The molecule has 16 nitrogen and oxygen atoms in total. The molecule has 0 spiro atoms. The molecule has 0 aromatic heterocycles. The van der Waals surface area contributed by atoms with Gasteiger partial charge >= 0.3 is 118 Å².